The normalized spacial score (nSPS) is 17.8. The highest BCUT2D eigenvalue weighted by Gasteiger charge is 2.20. The van der Waals surface area contributed by atoms with Crippen molar-refractivity contribution in [2.45, 2.75) is 38.9 Å². The Morgan fingerprint density at radius 2 is 1.79 bits per heavy atom. The zero-order valence-electron chi connectivity index (χ0n) is 9.11. The number of hydrogen-bond acceptors (Lipinski definition) is 4. The second-order valence-corrected chi connectivity index (χ2v) is 3.72. The number of nitrogens with one attached hydrogen (secondary N) is 1. The zero-order chi connectivity index (χ0) is 11.0. The molecule has 0 saturated carbocycles. The van der Waals surface area contributed by atoms with Crippen molar-refractivity contribution in [1.29, 1.82) is 0 Å². The minimum Gasteiger partial charge on any atom is -0.394 e. The molecule has 0 aliphatic heterocycles. The molecule has 4 N–H and O–H groups in total. The van der Waals surface area contributed by atoms with Crippen LogP contribution < -0.4 is 5.32 Å². The molecule has 0 radical (unpaired) electrons. The van der Waals surface area contributed by atoms with Crippen LogP contribution in [0.1, 0.15) is 26.7 Å². The zero-order valence-corrected chi connectivity index (χ0v) is 9.11. The number of aliphatic hydroxyl groups is 3. The molecule has 0 aromatic rings. The molecule has 14 heavy (non-hydrogen) atoms. The summed E-state index contributed by atoms with van der Waals surface area (Å²) in [5, 5.41) is 30.7. The van der Waals surface area contributed by atoms with E-state index in [0.29, 0.717) is 6.42 Å². The molecule has 0 rings (SSSR count). The first kappa shape index (κ1) is 13.8. The second-order valence-electron chi connectivity index (χ2n) is 3.72. The van der Waals surface area contributed by atoms with Crippen LogP contribution in [0.4, 0.5) is 0 Å². The minimum atomic E-state index is -0.823. The smallest absolute Gasteiger partial charge is 0.0820 e. The van der Waals surface area contributed by atoms with Gasteiger partial charge < -0.3 is 20.6 Å². The Labute approximate surface area is 86.0 Å². The van der Waals surface area contributed by atoms with Crippen molar-refractivity contribution in [3.05, 3.63) is 0 Å². The first-order valence-corrected chi connectivity index (χ1v) is 5.31. The largest absolute Gasteiger partial charge is 0.394 e. The van der Waals surface area contributed by atoms with Gasteiger partial charge in [0.1, 0.15) is 0 Å². The van der Waals surface area contributed by atoms with Gasteiger partial charge in [-0.3, -0.25) is 0 Å². The van der Waals surface area contributed by atoms with Gasteiger partial charge in [-0.05, 0) is 25.9 Å². The van der Waals surface area contributed by atoms with Gasteiger partial charge in [0.2, 0.25) is 0 Å². The van der Waals surface area contributed by atoms with Crippen LogP contribution >= 0.6 is 0 Å². The van der Waals surface area contributed by atoms with E-state index in [9.17, 15) is 10.2 Å². The van der Waals surface area contributed by atoms with Gasteiger partial charge in [0.15, 0.2) is 0 Å². The molecule has 86 valence electrons. The number of rotatable bonds is 8. The average Bonchev–Trinajstić information content (AvgIpc) is 2.21. The third-order valence-corrected chi connectivity index (χ3v) is 2.44. The average molecular weight is 205 g/mol. The molecule has 3 unspecified atom stereocenters. The Hall–Kier alpha value is -0.160. The van der Waals surface area contributed by atoms with E-state index in [2.05, 4.69) is 12.2 Å². The first-order valence-electron chi connectivity index (χ1n) is 5.31. The predicted octanol–water partition coefficient (Wildman–Crippen LogP) is -0.274. The van der Waals surface area contributed by atoms with E-state index in [-0.39, 0.29) is 12.5 Å². The molecule has 4 nitrogen and oxygen atoms in total. The fraction of sp³-hybridized carbons (Fsp3) is 1.00. The first-order chi connectivity index (χ1) is 6.63. The Bertz CT molecular complexity index is 133. The lowest BCUT2D eigenvalue weighted by atomic mass is 9.96. The standard InChI is InChI=1S/C10H23NO3/c1-3-5-11-6-4-9(13)8(2)10(14)7-12/h8-14H,3-7H2,1-2H3. The van der Waals surface area contributed by atoms with Gasteiger partial charge in [-0.25, -0.2) is 0 Å². The monoisotopic (exact) mass is 205 g/mol. The van der Waals surface area contributed by atoms with Gasteiger partial charge in [-0.1, -0.05) is 13.8 Å². The lowest BCUT2D eigenvalue weighted by Gasteiger charge is -2.22. The molecule has 0 aromatic heterocycles. The SMILES string of the molecule is CCCNCCC(O)C(C)C(O)CO. The van der Waals surface area contributed by atoms with Crippen LogP contribution in [0.2, 0.25) is 0 Å². The van der Waals surface area contributed by atoms with Gasteiger partial charge in [-0.2, -0.15) is 0 Å². The van der Waals surface area contributed by atoms with Crippen molar-refractivity contribution in [3.8, 4) is 0 Å². The van der Waals surface area contributed by atoms with E-state index in [4.69, 9.17) is 5.11 Å². The Kier molecular flexibility index (Phi) is 8.08. The lowest BCUT2D eigenvalue weighted by Crippen LogP contribution is -2.34. The topological polar surface area (TPSA) is 72.7 Å². The van der Waals surface area contributed by atoms with Crippen molar-refractivity contribution in [2.24, 2.45) is 5.92 Å². The summed E-state index contributed by atoms with van der Waals surface area (Å²) in [7, 11) is 0. The van der Waals surface area contributed by atoms with Crippen LogP contribution in [0.3, 0.4) is 0 Å². The van der Waals surface area contributed by atoms with E-state index < -0.39 is 12.2 Å². The lowest BCUT2D eigenvalue weighted by molar-refractivity contribution is -0.0104. The van der Waals surface area contributed by atoms with Crippen LogP contribution in [0.15, 0.2) is 0 Å². The third-order valence-electron chi connectivity index (χ3n) is 2.44. The molecule has 0 bridgehead atoms. The van der Waals surface area contributed by atoms with Gasteiger partial charge >= 0.3 is 0 Å². The maximum Gasteiger partial charge on any atom is 0.0820 e. The van der Waals surface area contributed by atoms with Crippen molar-refractivity contribution in [3.63, 3.8) is 0 Å². The molecule has 0 spiro atoms. The maximum atomic E-state index is 9.61. The van der Waals surface area contributed by atoms with E-state index in [1.807, 2.05) is 0 Å². The summed E-state index contributed by atoms with van der Waals surface area (Å²) in [6, 6.07) is 0. The Balaban J connectivity index is 3.56. The van der Waals surface area contributed by atoms with Crippen LogP contribution in [0, 0.1) is 5.92 Å². The molecule has 0 saturated heterocycles. The fourth-order valence-electron chi connectivity index (χ4n) is 1.24. The molecule has 4 heteroatoms. The predicted molar refractivity (Wildman–Crippen MR) is 56.0 cm³/mol. The molecule has 0 amide bonds. The van der Waals surface area contributed by atoms with Crippen LogP contribution in [-0.2, 0) is 0 Å². The summed E-state index contributed by atoms with van der Waals surface area (Å²) in [5.74, 6) is -0.275. The quantitative estimate of drug-likeness (QED) is 0.411. The maximum absolute atomic E-state index is 9.61. The summed E-state index contributed by atoms with van der Waals surface area (Å²) >= 11 is 0. The second kappa shape index (κ2) is 8.17. The minimum absolute atomic E-state index is 0.275. The Morgan fingerprint density at radius 1 is 1.14 bits per heavy atom. The molecular weight excluding hydrogens is 182 g/mol. The molecular formula is C10H23NO3. The molecule has 3 atom stereocenters. The van der Waals surface area contributed by atoms with Crippen molar-refractivity contribution >= 4 is 0 Å². The highest BCUT2D eigenvalue weighted by atomic mass is 16.3. The number of hydrogen-bond donors (Lipinski definition) is 4. The van der Waals surface area contributed by atoms with Crippen LogP contribution in [0.25, 0.3) is 0 Å². The summed E-state index contributed by atoms with van der Waals surface area (Å²) < 4.78 is 0. The Morgan fingerprint density at radius 3 is 2.29 bits per heavy atom. The summed E-state index contributed by atoms with van der Waals surface area (Å²) in [5.41, 5.74) is 0. The molecule has 0 fully saturated rings. The van der Waals surface area contributed by atoms with E-state index >= 15 is 0 Å². The molecule has 0 aliphatic carbocycles. The molecule has 0 heterocycles. The molecule has 0 aromatic carbocycles. The van der Waals surface area contributed by atoms with Crippen LogP contribution in [-0.4, -0.2) is 47.2 Å². The van der Waals surface area contributed by atoms with Crippen LogP contribution in [0.5, 0.6) is 0 Å². The third kappa shape index (κ3) is 5.54. The van der Waals surface area contributed by atoms with E-state index in [0.717, 1.165) is 19.5 Å². The fourth-order valence-corrected chi connectivity index (χ4v) is 1.24. The summed E-state index contributed by atoms with van der Waals surface area (Å²) in [6.07, 6.45) is 0.307. The van der Waals surface area contributed by atoms with Crippen molar-refractivity contribution < 1.29 is 15.3 Å². The van der Waals surface area contributed by atoms with Gasteiger partial charge in [0.05, 0.1) is 18.8 Å². The van der Waals surface area contributed by atoms with Crippen molar-refractivity contribution in [2.75, 3.05) is 19.7 Å². The molecule has 0 aliphatic rings. The van der Waals surface area contributed by atoms with Gasteiger partial charge in [-0.15, -0.1) is 0 Å². The van der Waals surface area contributed by atoms with E-state index in [1.165, 1.54) is 0 Å². The highest BCUT2D eigenvalue weighted by molar-refractivity contribution is 4.72. The van der Waals surface area contributed by atoms with Crippen molar-refractivity contribution in [1.82, 2.24) is 5.32 Å². The van der Waals surface area contributed by atoms with Gasteiger partial charge in [0.25, 0.3) is 0 Å². The summed E-state index contributed by atoms with van der Waals surface area (Å²) in [6.45, 7) is 5.23. The number of aliphatic hydroxyl groups excluding tert-OH is 3. The van der Waals surface area contributed by atoms with Gasteiger partial charge in [0, 0.05) is 5.92 Å². The highest BCUT2D eigenvalue weighted by Crippen LogP contribution is 2.10. The summed E-state index contributed by atoms with van der Waals surface area (Å²) in [4.78, 5) is 0. The van der Waals surface area contributed by atoms with E-state index in [1.54, 1.807) is 6.92 Å².